The molecule has 0 bridgehead atoms. The van der Waals surface area contributed by atoms with Gasteiger partial charge in [0.25, 0.3) is 5.48 Å². The van der Waals surface area contributed by atoms with Crippen molar-refractivity contribution in [3.8, 4) is 0 Å². The molecule has 17 heavy (non-hydrogen) atoms. The molecule has 2 unspecified atom stereocenters. The summed E-state index contributed by atoms with van der Waals surface area (Å²) < 4.78 is 0.565. The molecule has 0 aromatic carbocycles. The van der Waals surface area contributed by atoms with Crippen LogP contribution in [0.2, 0.25) is 0 Å². The van der Waals surface area contributed by atoms with Gasteiger partial charge < -0.3 is 26.0 Å². The Kier molecular flexibility index (Phi) is 8.12. The first-order valence-electron chi connectivity index (χ1n) is 6.02. The van der Waals surface area contributed by atoms with Crippen molar-refractivity contribution in [3.05, 3.63) is 0 Å². The molecule has 0 fully saturated rings. The van der Waals surface area contributed by atoms with E-state index in [0.29, 0.717) is 23.7 Å². The predicted molar refractivity (Wildman–Crippen MR) is 72.5 cm³/mol. The van der Waals surface area contributed by atoms with Crippen LogP contribution < -0.4 is 16.4 Å². The molecule has 0 aliphatic heterocycles. The van der Waals surface area contributed by atoms with Crippen molar-refractivity contribution < 1.29 is 14.5 Å². The number of rotatable bonds is 8. The maximum atomic E-state index is 11.8. The molecule has 2 atom stereocenters. The van der Waals surface area contributed by atoms with Crippen LogP contribution in [0.25, 0.3) is 0 Å². The van der Waals surface area contributed by atoms with E-state index in [1.54, 1.807) is 0 Å². The van der Waals surface area contributed by atoms with Crippen molar-refractivity contribution >= 4 is 13.3 Å². The highest BCUT2D eigenvalue weighted by Crippen LogP contribution is 2.17. The molecule has 0 amide bonds. The lowest BCUT2D eigenvalue weighted by Crippen LogP contribution is -2.40. The van der Waals surface area contributed by atoms with E-state index in [2.05, 4.69) is 0 Å². The molecule has 0 aliphatic rings. The largest absolute Gasteiger partial charge is 0.628 e. The summed E-state index contributed by atoms with van der Waals surface area (Å²) in [5, 5.41) is 9.72. The van der Waals surface area contributed by atoms with Gasteiger partial charge in [0.2, 0.25) is 0 Å². The fraction of sp³-hybridized carbons (Fsp3) is 0.909. The monoisotopic (exact) mass is 264 g/mol. The number of aliphatic hydroxyl groups excluding tert-OH is 1. The van der Waals surface area contributed by atoms with Crippen molar-refractivity contribution in [2.24, 2.45) is 11.5 Å². The molecule has 0 aromatic rings. The third kappa shape index (κ3) is 9.65. The molecule has 0 heterocycles. The smallest absolute Gasteiger partial charge is 0.273 e. The molecule has 5 nitrogen and oxygen atoms in total. The highest BCUT2D eigenvalue weighted by atomic mass is 31.1. The number of hydrogen-bond acceptors (Lipinski definition) is 3. The van der Waals surface area contributed by atoms with Crippen molar-refractivity contribution in [1.82, 2.24) is 0 Å². The topological polar surface area (TPSA) is 95.3 Å². The van der Waals surface area contributed by atoms with E-state index in [-0.39, 0.29) is 11.5 Å². The van der Waals surface area contributed by atoms with Gasteiger partial charge in [-0.25, -0.2) is 0 Å². The first-order valence-corrected chi connectivity index (χ1v) is 7.46. The Labute approximate surface area is 105 Å². The van der Waals surface area contributed by atoms with E-state index in [1.165, 1.54) is 0 Å². The van der Waals surface area contributed by atoms with Gasteiger partial charge in [0, 0.05) is 6.04 Å². The summed E-state index contributed by atoms with van der Waals surface area (Å²) in [6, 6.07) is -0.111. The molecule has 0 rings (SSSR count). The van der Waals surface area contributed by atoms with Crippen LogP contribution in [0.4, 0.5) is 0 Å². The van der Waals surface area contributed by atoms with Crippen molar-refractivity contribution in [2.45, 2.75) is 25.3 Å². The molecule has 0 aromatic heterocycles. The molecular formula is C11H27N3O2P+. The Hall–Kier alpha value is -0.0300. The quantitative estimate of drug-likeness (QED) is 0.310. The van der Waals surface area contributed by atoms with E-state index in [0.717, 1.165) is 19.3 Å². The minimum absolute atomic E-state index is 0.0711. The minimum atomic E-state index is -1.72. The van der Waals surface area contributed by atoms with Crippen LogP contribution in [-0.4, -0.2) is 61.5 Å². The standard InChI is InChI=1S/C11H26N3O2P/c1-14(2,3)8-11(15)17(16)9-10(13)6-4-5-7-12/h10H,4-9,12-13H2,1-3H3/p+1. The summed E-state index contributed by atoms with van der Waals surface area (Å²) in [4.78, 5) is 11.8. The second-order valence-electron chi connectivity index (χ2n) is 5.47. The van der Waals surface area contributed by atoms with Gasteiger partial charge in [-0.05, 0) is 19.4 Å². The highest BCUT2D eigenvalue weighted by molar-refractivity contribution is 7.51. The molecule has 0 saturated carbocycles. The molecule has 0 radical (unpaired) electrons. The molecule has 6 heteroatoms. The van der Waals surface area contributed by atoms with E-state index in [4.69, 9.17) is 11.5 Å². The number of aliphatic hydroxyl groups is 1. The highest BCUT2D eigenvalue weighted by Gasteiger charge is 2.19. The molecular weight excluding hydrogens is 237 g/mol. The summed E-state index contributed by atoms with van der Waals surface area (Å²) >= 11 is 0. The van der Waals surface area contributed by atoms with E-state index in [1.807, 2.05) is 21.1 Å². The van der Waals surface area contributed by atoms with E-state index >= 15 is 0 Å². The average molecular weight is 264 g/mol. The summed E-state index contributed by atoms with van der Waals surface area (Å²) in [6.07, 6.45) is 3.08. The number of likely N-dealkylation sites (N-methyl/N-ethyl adjacent to an activating group) is 1. The van der Waals surface area contributed by atoms with E-state index < -0.39 is 7.77 Å². The first-order chi connectivity index (χ1) is 7.76. The second-order valence-corrected chi connectivity index (χ2v) is 7.11. The Bertz CT molecular complexity index is 252. The minimum Gasteiger partial charge on any atom is -0.628 e. The van der Waals surface area contributed by atoms with Crippen LogP contribution in [0.1, 0.15) is 19.3 Å². The van der Waals surface area contributed by atoms with Crippen LogP contribution in [0.15, 0.2) is 0 Å². The zero-order valence-corrected chi connectivity index (χ0v) is 12.1. The predicted octanol–water partition coefficient (Wildman–Crippen LogP) is -0.591. The van der Waals surface area contributed by atoms with Crippen LogP contribution in [0.5, 0.6) is 0 Å². The van der Waals surface area contributed by atoms with Crippen LogP contribution in [0.3, 0.4) is 0 Å². The Morgan fingerprint density at radius 3 is 2.41 bits per heavy atom. The summed E-state index contributed by atoms with van der Waals surface area (Å²) in [5.41, 5.74) is 11.3. The number of nitrogens with zero attached hydrogens (tertiary/aromatic N) is 1. The Morgan fingerprint density at radius 2 is 1.94 bits per heavy atom. The number of hydrogen-bond donors (Lipinski definition) is 3. The van der Waals surface area contributed by atoms with Gasteiger partial charge in [0.15, 0.2) is 6.54 Å². The third-order valence-corrected chi connectivity index (χ3v) is 3.85. The SMILES string of the molecule is C[N+](C)(C)C/C(O)=[P+](\[O-])CC(N)CCCCN. The number of quaternary nitrogens is 1. The summed E-state index contributed by atoms with van der Waals surface area (Å²) in [7, 11) is 4.12. The fourth-order valence-corrected chi connectivity index (χ4v) is 2.86. The van der Waals surface area contributed by atoms with Crippen LogP contribution in [-0.2, 0) is 0 Å². The summed E-state index contributed by atoms with van der Waals surface area (Å²) in [5.74, 6) is 0. The molecule has 0 saturated heterocycles. The molecule has 0 aliphatic carbocycles. The number of unbranched alkanes of at least 4 members (excludes halogenated alkanes) is 1. The first kappa shape index (κ1) is 17.0. The van der Waals surface area contributed by atoms with Gasteiger partial charge in [0.1, 0.15) is 6.16 Å². The molecule has 5 N–H and O–H groups in total. The second kappa shape index (κ2) is 8.14. The van der Waals surface area contributed by atoms with Gasteiger partial charge in [-0.3, -0.25) is 0 Å². The maximum Gasteiger partial charge on any atom is 0.273 e. The van der Waals surface area contributed by atoms with Crippen LogP contribution >= 0.6 is 7.77 Å². The average Bonchev–Trinajstić information content (AvgIpc) is 2.15. The van der Waals surface area contributed by atoms with Crippen LogP contribution in [0, 0.1) is 0 Å². The van der Waals surface area contributed by atoms with Gasteiger partial charge in [-0.2, -0.15) is 0 Å². The molecule has 102 valence electrons. The van der Waals surface area contributed by atoms with Gasteiger partial charge in [0.05, 0.1) is 28.9 Å². The summed E-state index contributed by atoms with van der Waals surface area (Å²) in [6.45, 7) is 1.07. The molecule has 0 spiro atoms. The zero-order chi connectivity index (χ0) is 13.5. The Morgan fingerprint density at radius 1 is 1.35 bits per heavy atom. The normalized spacial score (nSPS) is 15.7. The Balaban J connectivity index is 4.12. The maximum absolute atomic E-state index is 11.8. The van der Waals surface area contributed by atoms with Crippen molar-refractivity contribution in [1.29, 1.82) is 0 Å². The van der Waals surface area contributed by atoms with Crippen molar-refractivity contribution in [2.75, 3.05) is 40.4 Å². The third-order valence-electron chi connectivity index (χ3n) is 2.33. The number of nitrogens with two attached hydrogens (primary N) is 2. The van der Waals surface area contributed by atoms with Gasteiger partial charge in [-0.15, -0.1) is 0 Å². The lowest BCUT2D eigenvalue weighted by molar-refractivity contribution is -0.861. The van der Waals surface area contributed by atoms with Crippen molar-refractivity contribution in [3.63, 3.8) is 0 Å². The zero-order valence-electron chi connectivity index (χ0n) is 11.2. The van der Waals surface area contributed by atoms with Gasteiger partial charge >= 0.3 is 0 Å². The lowest BCUT2D eigenvalue weighted by Gasteiger charge is -2.22. The fourth-order valence-electron chi connectivity index (χ4n) is 1.46. The van der Waals surface area contributed by atoms with Gasteiger partial charge in [-0.1, -0.05) is 6.42 Å². The lowest BCUT2D eigenvalue weighted by atomic mass is 10.1. The van der Waals surface area contributed by atoms with E-state index in [9.17, 15) is 10.00 Å².